The number of esters is 3. The summed E-state index contributed by atoms with van der Waals surface area (Å²) >= 11 is 0. The van der Waals surface area contributed by atoms with Gasteiger partial charge in [-0.25, -0.2) is 0 Å². The van der Waals surface area contributed by atoms with Gasteiger partial charge in [-0.05, 0) is 44.9 Å². The third-order valence-corrected chi connectivity index (χ3v) is 10.8. The summed E-state index contributed by atoms with van der Waals surface area (Å²) in [5.74, 6) is -0.875. The van der Waals surface area contributed by atoms with Gasteiger partial charge in [0.15, 0.2) is 6.10 Å². The first-order chi connectivity index (χ1) is 27.0. The first kappa shape index (κ1) is 53.1. The molecule has 1 atom stereocenters. The monoisotopic (exact) mass is 777 g/mol. The van der Waals surface area contributed by atoms with E-state index in [0.717, 1.165) is 70.6 Å². The summed E-state index contributed by atoms with van der Waals surface area (Å²) in [6.07, 6.45) is 47.6. The van der Waals surface area contributed by atoms with Crippen LogP contribution in [0.5, 0.6) is 0 Å². The molecule has 324 valence electrons. The summed E-state index contributed by atoms with van der Waals surface area (Å²) in [5, 5.41) is 0. The quantitative estimate of drug-likeness (QED) is 0.0265. The van der Waals surface area contributed by atoms with Crippen LogP contribution >= 0.6 is 0 Å². The Morgan fingerprint density at radius 3 is 0.927 bits per heavy atom. The number of hydrogen-bond acceptors (Lipinski definition) is 6. The zero-order chi connectivity index (χ0) is 40.1. The van der Waals surface area contributed by atoms with Gasteiger partial charge in [-0.1, -0.05) is 213 Å². The number of hydrogen-bond donors (Lipinski definition) is 0. The van der Waals surface area contributed by atoms with Crippen molar-refractivity contribution in [1.29, 1.82) is 0 Å². The van der Waals surface area contributed by atoms with Crippen molar-refractivity contribution in [2.45, 2.75) is 271 Å². The predicted octanol–water partition coefficient (Wildman–Crippen LogP) is 15.4. The number of carbonyl (C=O) groups is 3. The van der Waals surface area contributed by atoms with Crippen molar-refractivity contribution in [3.05, 3.63) is 12.2 Å². The maximum atomic E-state index is 12.7. The molecule has 0 aromatic heterocycles. The Balaban J connectivity index is 4.35. The summed E-state index contributed by atoms with van der Waals surface area (Å²) in [6.45, 7) is 6.63. The van der Waals surface area contributed by atoms with E-state index in [1.165, 1.54) is 154 Å². The topological polar surface area (TPSA) is 78.9 Å². The highest BCUT2D eigenvalue weighted by Crippen LogP contribution is 2.15. The van der Waals surface area contributed by atoms with E-state index in [1.807, 2.05) is 0 Å². The fourth-order valence-electron chi connectivity index (χ4n) is 7.08. The van der Waals surface area contributed by atoms with Gasteiger partial charge in [0.05, 0.1) is 0 Å². The number of rotatable bonds is 44. The molecule has 0 bridgehead atoms. The molecule has 1 unspecified atom stereocenters. The van der Waals surface area contributed by atoms with Crippen LogP contribution in [0.15, 0.2) is 12.2 Å². The van der Waals surface area contributed by atoms with E-state index < -0.39 is 6.10 Å². The molecule has 0 aliphatic rings. The van der Waals surface area contributed by atoms with Crippen molar-refractivity contribution in [3.8, 4) is 0 Å². The van der Waals surface area contributed by atoms with Gasteiger partial charge >= 0.3 is 17.9 Å². The zero-order valence-corrected chi connectivity index (χ0v) is 37.0. The molecule has 0 rings (SSSR count). The number of unbranched alkanes of at least 4 members (excludes halogenated alkanes) is 31. The van der Waals surface area contributed by atoms with Gasteiger partial charge in [0.1, 0.15) is 13.2 Å². The fourth-order valence-corrected chi connectivity index (χ4v) is 7.08. The predicted molar refractivity (Wildman–Crippen MR) is 233 cm³/mol. The van der Waals surface area contributed by atoms with E-state index in [9.17, 15) is 14.4 Å². The minimum atomic E-state index is -0.767. The molecule has 0 spiro atoms. The first-order valence-corrected chi connectivity index (χ1v) is 24.2. The molecule has 0 aliphatic heterocycles. The number of carbonyl (C=O) groups excluding carboxylic acids is 3. The normalized spacial score (nSPS) is 12.0. The Bertz CT molecular complexity index is 854. The van der Waals surface area contributed by atoms with Gasteiger partial charge in [-0.2, -0.15) is 0 Å². The Morgan fingerprint density at radius 1 is 0.345 bits per heavy atom. The van der Waals surface area contributed by atoms with Crippen LogP contribution in [0, 0.1) is 0 Å². The second-order valence-electron chi connectivity index (χ2n) is 16.4. The van der Waals surface area contributed by atoms with Crippen molar-refractivity contribution >= 4 is 17.9 Å². The first-order valence-electron chi connectivity index (χ1n) is 24.2. The fraction of sp³-hybridized carbons (Fsp3) is 0.898. The van der Waals surface area contributed by atoms with Crippen LogP contribution in [-0.2, 0) is 28.6 Å². The molecule has 0 saturated heterocycles. The van der Waals surface area contributed by atoms with Crippen molar-refractivity contribution in [2.24, 2.45) is 0 Å². The lowest BCUT2D eigenvalue weighted by Crippen LogP contribution is -2.30. The molecular formula is C49H92O6. The summed E-state index contributed by atoms with van der Waals surface area (Å²) in [6, 6.07) is 0. The average molecular weight is 777 g/mol. The molecule has 6 heteroatoms. The zero-order valence-electron chi connectivity index (χ0n) is 37.0. The summed E-state index contributed by atoms with van der Waals surface area (Å²) in [7, 11) is 0. The van der Waals surface area contributed by atoms with Gasteiger partial charge in [0.2, 0.25) is 0 Å². The molecule has 0 radical (unpaired) electrons. The molecule has 0 N–H and O–H groups in total. The van der Waals surface area contributed by atoms with Gasteiger partial charge in [0, 0.05) is 19.3 Å². The van der Waals surface area contributed by atoms with Gasteiger partial charge in [-0.15, -0.1) is 0 Å². The van der Waals surface area contributed by atoms with Crippen LogP contribution in [-0.4, -0.2) is 37.2 Å². The van der Waals surface area contributed by atoms with E-state index in [4.69, 9.17) is 14.2 Å². The molecule has 6 nitrogen and oxygen atoms in total. The minimum Gasteiger partial charge on any atom is -0.462 e. The van der Waals surface area contributed by atoms with Crippen LogP contribution in [0.1, 0.15) is 265 Å². The van der Waals surface area contributed by atoms with E-state index in [0.29, 0.717) is 19.3 Å². The molecule has 0 aromatic rings. The average Bonchev–Trinajstić information content (AvgIpc) is 3.18. The van der Waals surface area contributed by atoms with Crippen LogP contribution in [0.25, 0.3) is 0 Å². The second-order valence-corrected chi connectivity index (χ2v) is 16.4. The van der Waals surface area contributed by atoms with Crippen LogP contribution in [0.4, 0.5) is 0 Å². The van der Waals surface area contributed by atoms with Crippen LogP contribution < -0.4 is 0 Å². The van der Waals surface area contributed by atoms with E-state index in [1.54, 1.807) is 0 Å². The number of allylic oxidation sites excluding steroid dienone is 2. The van der Waals surface area contributed by atoms with Crippen molar-refractivity contribution in [2.75, 3.05) is 13.2 Å². The molecular weight excluding hydrogens is 685 g/mol. The highest BCUT2D eigenvalue weighted by atomic mass is 16.6. The highest BCUT2D eigenvalue weighted by Gasteiger charge is 2.19. The van der Waals surface area contributed by atoms with Gasteiger partial charge < -0.3 is 14.2 Å². The second kappa shape index (κ2) is 44.9. The maximum absolute atomic E-state index is 12.7. The van der Waals surface area contributed by atoms with Crippen molar-refractivity contribution in [1.82, 2.24) is 0 Å². The smallest absolute Gasteiger partial charge is 0.306 e. The molecule has 0 aliphatic carbocycles. The largest absolute Gasteiger partial charge is 0.462 e. The molecule has 0 aromatic carbocycles. The standard InChI is InChI=1S/C49H92O6/c1-4-7-10-13-16-19-22-25-28-30-33-36-39-42-48(51)54-45-46(55-49(52)43-40-37-34-31-27-24-21-18-15-12-9-6-3)44-53-47(50)41-38-35-32-29-26-23-20-17-14-11-8-5-2/h25,28,46H,4-24,26-27,29-45H2,1-3H3/b28-25-. The Morgan fingerprint density at radius 2 is 0.600 bits per heavy atom. The Kier molecular flexibility index (Phi) is 43.4. The Hall–Kier alpha value is -1.85. The Labute approximate surface area is 341 Å². The third kappa shape index (κ3) is 43.1. The lowest BCUT2D eigenvalue weighted by atomic mass is 10.0. The third-order valence-electron chi connectivity index (χ3n) is 10.8. The van der Waals surface area contributed by atoms with Gasteiger partial charge in [0.25, 0.3) is 0 Å². The summed E-state index contributed by atoms with van der Waals surface area (Å²) < 4.78 is 16.7. The maximum Gasteiger partial charge on any atom is 0.306 e. The van der Waals surface area contributed by atoms with Crippen molar-refractivity contribution < 1.29 is 28.6 Å². The van der Waals surface area contributed by atoms with Gasteiger partial charge in [-0.3, -0.25) is 14.4 Å². The lowest BCUT2D eigenvalue weighted by Gasteiger charge is -2.18. The van der Waals surface area contributed by atoms with Crippen LogP contribution in [0.3, 0.4) is 0 Å². The minimum absolute atomic E-state index is 0.0698. The molecule has 55 heavy (non-hydrogen) atoms. The lowest BCUT2D eigenvalue weighted by molar-refractivity contribution is -0.167. The number of ether oxygens (including phenoxy) is 3. The van der Waals surface area contributed by atoms with Crippen molar-refractivity contribution in [3.63, 3.8) is 0 Å². The molecule has 0 fully saturated rings. The molecule has 0 saturated carbocycles. The highest BCUT2D eigenvalue weighted by molar-refractivity contribution is 5.71. The van der Waals surface area contributed by atoms with E-state index in [2.05, 4.69) is 32.9 Å². The van der Waals surface area contributed by atoms with E-state index in [-0.39, 0.29) is 31.1 Å². The summed E-state index contributed by atoms with van der Waals surface area (Å²) in [5.41, 5.74) is 0. The van der Waals surface area contributed by atoms with Crippen LogP contribution in [0.2, 0.25) is 0 Å². The SMILES string of the molecule is CCCCCCCC/C=C\CCCCCC(=O)OCC(COC(=O)CCCCCCCCCCCCCC)OC(=O)CCCCCCCCCCCCCC. The molecule has 0 amide bonds. The molecule has 0 heterocycles. The van der Waals surface area contributed by atoms with E-state index >= 15 is 0 Å². The summed E-state index contributed by atoms with van der Waals surface area (Å²) in [4.78, 5) is 37.8.